The minimum absolute atomic E-state index is 0.378. The van der Waals surface area contributed by atoms with E-state index >= 15 is 0 Å². The Bertz CT molecular complexity index is 2290. The van der Waals surface area contributed by atoms with E-state index in [9.17, 15) is 13.2 Å². The van der Waals surface area contributed by atoms with Crippen LogP contribution in [0.4, 0.5) is 18.9 Å². The summed E-state index contributed by atoms with van der Waals surface area (Å²) in [4.78, 5) is 4.41. The first-order valence-corrected chi connectivity index (χ1v) is 23.5. The maximum absolute atomic E-state index is 13.8. The second-order valence-electron chi connectivity index (χ2n) is 14.9. The molecule has 0 saturated heterocycles. The lowest BCUT2D eigenvalue weighted by Crippen LogP contribution is -2.37. The second-order valence-corrected chi connectivity index (χ2v) is 25.0. The number of aliphatic imine (C=N–C) groups is 1. The highest BCUT2D eigenvalue weighted by atomic mass is 28.3. The summed E-state index contributed by atoms with van der Waals surface area (Å²) in [5, 5.41) is 14.5. The largest absolute Gasteiger partial charge is 0.401 e. The molecule has 2 aromatic heterocycles. The standard InChI is InChI=1S/C40H39F3N4Si2/c1-48(2,3)30-15-17-34-32-11-7-9-13-36(32)46(38(34)22-30)28-19-27(45-25-26(24-44)40(41,42)43)20-29(21-28)47-37-14-10-8-12-33(37)35-18-16-31(23-39(35)47)49(4,5)6/h7-26,44H,1-6H3. The van der Waals surface area contributed by atoms with Gasteiger partial charge in [-0.1, -0.05) is 110 Å². The molecule has 0 bridgehead atoms. The Hall–Kier alpha value is -4.74. The van der Waals surface area contributed by atoms with Gasteiger partial charge in [0, 0.05) is 34.0 Å². The molecule has 248 valence electrons. The summed E-state index contributed by atoms with van der Waals surface area (Å²) in [6, 6.07) is 35.8. The summed E-state index contributed by atoms with van der Waals surface area (Å²) in [5.74, 6) is -2.08. The number of alkyl halides is 3. The van der Waals surface area contributed by atoms with Gasteiger partial charge in [-0.15, -0.1) is 0 Å². The van der Waals surface area contributed by atoms with E-state index in [0.717, 1.165) is 61.2 Å². The molecule has 0 radical (unpaired) electrons. The summed E-state index contributed by atoms with van der Waals surface area (Å²) >= 11 is 0. The monoisotopic (exact) mass is 688 g/mol. The topological polar surface area (TPSA) is 46.1 Å². The van der Waals surface area contributed by atoms with Gasteiger partial charge < -0.3 is 14.5 Å². The number of hydrogen-bond acceptors (Lipinski definition) is 2. The molecule has 5 aromatic carbocycles. The maximum Gasteiger partial charge on any atom is 0.401 e. The third-order valence-corrected chi connectivity index (χ3v) is 13.5. The first-order chi connectivity index (χ1) is 23.1. The van der Waals surface area contributed by atoms with Gasteiger partial charge in [0.05, 0.1) is 55.3 Å². The highest BCUT2D eigenvalue weighted by Crippen LogP contribution is 2.37. The molecule has 7 rings (SSSR count). The number of fused-ring (bicyclic) bond motifs is 6. The Kier molecular flexibility index (Phi) is 7.83. The lowest BCUT2D eigenvalue weighted by atomic mass is 10.1. The molecule has 0 spiro atoms. The highest BCUT2D eigenvalue weighted by Gasteiger charge is 2.37. The SMILES string of the molecule is C[Si](C)(C)c1ccc2c3ccccc3n(-c3cc(N=CC(C=N)C(F)(F)F)cc(-n4c5ccccc5c5ccc([Si](C)(C)C)cc54)c3)c2c1. The van der Waals surface area contributed by atoms with E-state index in [4.69, 9.17) is 5.41 Å². The number of aromatic nitrogens is 2. The van der Waals surface area contributed by atoms with Gasteiger partial charge in [0.25, 0.3) is 0 Å². The molecule has 1 unspecified atom stereocenters. The zero-order valence-corrected chi connectivity index (χ0v) is 30.5. The Morgan fingerprint density at radius 2 is 1.02 bits per heavy atom. The molecule has 0 aliphatic heterocycles. The first kappa shape index (κ1) is 32.8. The summed E-state index contributed by atoms with van der Waals surface area (Å²) in [5.41, 5.74) is 6.08. The van der Waals surface area contributed by atoms with Crippen molar-refractivity contribution in [2.24, 2.45) is 10.9 Å². The fourth-order valence-electron chi connectivity index (χ4n) is 6.73. The van der Waals surface area contributed by atoms with Gasteiger partial charge in [0.15, 0.2) is 0 Å². The van der Waals surface area contributed by atoms with Crippen LogP contribution < -0.4 is 10.4 Å². The third kappa shape index (κ3) is 5.84. The maximum atomic E-state index is 13.8. The Morgan fingerprint density at radius 1 is 0.592 bits per heavy atom. The molecular formula is C40H39F3N4Si2. The molecule has 4 nitrogen and oxygen atoms in total. The number of rotatable bonds is 7. The van der Waals surface area contributed by atoms with Gasteiger partial charge in [0.1, 0.15) is 5.92 Å². The van der Waals surface area contributed by atoms with Crippen LogP contribution in [-0.2, 0) is 0 Å². The zero-order chi connectivity index (χ0) is 34.9. The second kappa shape index (κ2) is 11.7. The Morgan fingerprint density at radius 3 is 1.43 bits per heavy atom. The van der Waals surface area contributed by atoms with E-state index in [1.807, 2.05) is 36.4 Å². The van der Waals surface area contributed by atoms with Crippen LogP contribution in [0.25, 0.3) is 55.0 Å². The molecule has 1 N–H and O–H groups in total. The van der Waals surface area contributed by atoms with E-state index in [-0.39, 0.29) is 0 Å². The molecule has 7 aromatic rings. The van der Waals surface area contributed by atoms with Gasteiger partial charge in [-0.05, 0) is 42.5 Å². The van der Waals surface area contributed by atoms with Gasteiger partial charge >= 0.3 is 6.18 Å². The van der Waals surface area contributed by atoms with Crippen LogP contribution in [0, 0.1) is 11.3 Å². The Labute approximate surface area is 286 Å². The van der Waals surface area contributed by atoms with E-state index in [1.54, 1.807) is 0 Å². The number of para-hydroxylation sites is 2. The van der Waals surface area contributed by atoms with E-state index in [1.165, 1.54) is 10.4 Å². The van der Waals surface area contributed by atoms with Crippen LogP contribution >= 0.6 is 0 Å². The molecule has 0 aliphatic carbocycles. The summed E-state index contributed by atoms with van der Waals surface area (Å²) in [6.07, 6.45) is -3.38. The number of halogens is 3. The average Bonchev–Trinajstić information content (AvgIpc) is 3.56. The molecule has 0 saturated carbocycles. The van der Waals surface area contributed by atoms with Gasteiger partial charge in [-0.2, -0.15) is 13.2 Å². The predicted octanol–water partition coefficient (Wildman–Crippen LogP) is 10.5. The van der Waals surface area contributed by atoms with Crippen LogP contribution in [0.15, 0.2) is 108 Å². The number of nitrogens with zero attached hydrogens (tertiary/aromatic N) is 3. The number of benzene rings is 5. The average molecular weight is 689 g/mol. The molecular weight excluding hydrogens is 650 g/mol. The van der Waals surface area contributed by atoms with Crippen molar-refractivity contribution >= 4 is 88.2 Å². The van der Waals surface area contributed by atoms with Crippen LogP contribution in [0.3, 0.4) is 0 Å². The molecule has 0 fully saturated rings. The van der Waals surface area contributed by atoms with E-state index in [2.05, 4.69) is 120 Å². The summed E-state index contributed by atoms with van der Waals surface area (Å²) in [6.45, 7) is 14.0. The molecule has 9 heteroatoms. The Balaban J connectivity index is 1.58. The van der Waals surface area contributed by atoms with Crippen molar-refractivity contribution < 1.29 is 13.2 Å². The van der Waals surface area contributed by atoms with Crippen LogP contribution in [0.5, 0.6) is 0 Å². The number of hydrogen-bond donors (Lipinski definition) is 1. The van der Waals surface area contributed by atoms with Crippen LogP contribution in [-0.4, -0.2) is 43.9 Å². The number of nitrogens with one attached hydrogen (secondary N) is 1. The van der Waals surface area contributed by atoms with Crippen molar-refractivity contribution in [3.8, 4) is 11.4 Å². The molecule has 0 aliphatic rings. The molecule has 49 heavy (non-hydrogen) atoms. The van der Waals surface area contributed by atoms with Crippen molar-refractivity contribution in [2.45, 2.75) is 45.5 Å². The molecule has 1 atom stereocenters. The van der Waals surface area contributed by atoms with Gasteiger partial charge in [-0.25, -0.2) is 0 Å². The predicted molar refractivity (Wildman–Crippen MR) is 208 cm³/mol. The fourth-order valence-corrected chi connectivity index (χ4v) is 9.04. The van der Waals surface area contributed by atoms with Crippen LogP contribution in [0.2, 0.25) is 39.3 Å². The van der Waals surface area contributed by atoms with Crippen molar-refractivity contribution in [1.82, 2.24) is 9.13 Å². The van der Waals surface area contributed by atoms with Crippen LogP contribution in [0.1, 0.15) is 0 Å². The van der Waals surface area contributed by atoms with Crippen molar-refractivity contribution in [3.05, 3.63) is 103 Å². The van der Waals surface area contributed by atoms with Gasteiger partial charge in [-0.3, -0.25) is 4.99 Å². The quantitative estimate of drug-likeness (QED) is 0.128. The molecule has 0 amide bonds. The smallest absolute Gasteiger partial charge is 0.312 e. The summed E-state index contributed by atoms with van der Waals surface area (Å²) < 4.78 is 45.7. The zero-order valence-electron chi connectivity index (χ0n) is 28.5. The van der Waals surface area contributed by atoms with Crippen molar-refractivity contribution in [1.29, 1.82) is 5.41 Å². The fraction of sp³-hybridized carbons (Fsp3) is 0.200. The minimum Gasteiger partial charge on any atom is -0.312 e. The van der Waals surface area contributed by atoms with E-state index in [0.29, 0.717) is 11.9 Å². The lowest BCUT2D eigenvalue weighted by Gasteiger charge is -2.19. The van der Waals surface area contributed by atoms with Crippen molar-refractivity contribution in [3.63, 3.8) is 0 Å². The third-order valence-electron chi connectivity index (χ3n) is 9.42. The highest BCUT2D eigenvalue weighted by molar-refractivity contribution is 6.89. The normalized spacial score (nSPS) is 13.7. The lowest BCUT2D eigenvalue weighted by molar-refractivity contribution is -0.136. The van der Waals surface area contributed by atoms with Gasteiger partial charge in [0.2, 0.25) is 0 Å². The molecule has 2 heterocycles. The van der Waals surface area contributed by atoms with E-state index < -0.39 is 28.2 Å². The first-order valence-electron chi connectivity index (χ1n) is 16.5. The minimum atomic E-state index is -4.61. The van der Waals surface area contributed by atoms with Crippen molar-refractivity contribution in [2.75, 3.05) is 0 Å². The summed E-state index contributed by atoms with van der Waals surface area (Å²) in [7, 11) is -3.37.